The van der Waals surface area contributed by atoms with Crippen LogP contribution in [0.2, 0.25) is 0 Å². The van der Waals surface area contributed by atoms with E-state index in [0.29, 0.717) is 18.7 Å². The molecule has 0 fully saturated rings. The summed E-state index contributed by atoms with van der Waals surface area (Å²) in [6.07, 6.45) is 0.632. The van der Waals surface area contributed by atoms with Gasteiger partial charge >= 0.3 is 0 Å². The molecule has 5 nitrogen and oxygen atoms in total. The Kier molecular flexibility index (Phi) is 3.25. The van der Waals surface area contributed by atoms with Gasteiger partial charge in [0.05, 0.1) is 5.69 Å². The molecule has 0 radical (unpaired) electrons. The molecule has 0 unspecified atom stereocenters. The highest BCUT2D eigenvalue weighted by Crippen LogP contribution is 2.14. The fraction of sp³-hybridized carbons (Fsp3) is 0.200. The fourth-order valence-corrected chi connectivity index (χ4v) is 2.12. The first-order chi connectivity index (χ1) is 9.72. The third kappa shape index (κ3) is 2.56. The topological polar surface area (TPSA) is 70.9 Å². The summed E-state index contributed by atoms with van der Waals surface area (Å²) in [5, 5.41) is 7.70. The smallest absolute Gasteiger partial charge is 0.267 e. The first-order valence-electron chi connectivity index (χ1n) is 6.50. The Labute approximate surface area is 116 Å². The van der Waals surface area contributed by atoms with Gasteiger partial charge in [0.1, 0.15) is 11.5 Å². The SMILES string of the molecule is Cc1cc(CCNC(=O)c2cc3ccccc3[nH]2)on1. The van der Waals surface area contributed by atoms with Gasteiger partial charge in [0.2, 0.25) is 0 Å². The van der Waals surface area contributed by atoms with Crippen LogP contribution in [0.4, 0.5) is 0 Å². The van der Waals surface area contributed by atoms with E-state index in [1.54, 1.807) is 0 Å². The van der Waals surface area contributed by atoms with Crippen molar-refractivity contribution in [2.24, 2.45) is 0 Å². The fourth-order valence-electron chi connectivity index (χ4n) is 2.12. The van der Waals surface area contributed by atoms with Crippen molar-refractivity contribution < 1.29 is 9.32 Å². The quantitative estimate of drug-likeness (QED) is 0.764. The van der Waals surface area contributed by atoms with Crippen LogP contribution in [0.25, 0.3) is 10.9 Å². The molecule has 0 aliphatic carbocycles. The molecule has 20 heavy (non-hydrogen) atoms. The Morgan fingerprint density at radius 2 is 2.20 bits per heavy atom. The van der Waals surface area contributed by atoms with E-state index < -0.39 is 0 Å². The van der Waals surface area contributed by atoms with E-state index in [0.717, 1.165) is 22.4 Å². The second-order valence-electron chi connectivity index (χ2n) is 4.71. The van der Waals surface area contributed by atoms with Gasteiger partial charge in [-0.05, 0) is 19.1 Å². The molecule has 0 aliphatic rings. The second-order valence-corrected chi connectivity index (χ2v) is 4.71. The predicted octanol–water partition coefficient (Wildman–Crippen LogP) is 2.44. The summed E-state index contributed by atoms with van der Waals surface area (Å²) in [4.78, 5) is 15.1. The van der Waals surface area contributed by atoms with Gasteiger partial charge in [0, 0.05) is 29.9 Å². The summed E-state index contributed by atoms with van der Waals surface area (Å²) in [6, 6.07) is 11.5. The molecule has 102 valence electrons. The Bertz CT molecular complexity index is 709. The average molecular weight is 269 g/mol. The number of para-hydroxylation sites is 1. The number of amides is 1. The zero-order valence-electron chi connectivity index (χ0n) is 11.1. The molecule has 1 amide bonds. The average Bonchev–Trinajstić information content (AvgIpc) is 3.04. The van der Waals surface area contributed by atoms with Gasteiger partial charge in [-0.15, -0.1) is 0 Å². The van der Waals surface area contributed by atoms with E-state index in [1.807, 2.05) is 43.3 Å². The maximum absolute atomic E-state index is 12.0. The zero-order valence-corrected chi connectivity index (χ0v) is 11.1. The van der Waals surface area contributed by atoms with Gasteiger partial charge in [0.15, 0.2) is 0 Å². The zero-order chi connectivity index (χ0) is 13.9. The Morgan fingerprint density at radius 1 is 1.35 bits per heavy atom. The molecule has 2 aromatic heterocycles. The number of aromatic amines is 1. The number of nitrogens with one attached hydrogen (secondary N) is 2. The minimum Gasteiger partial charge on any atom is -0.361 e. The number of rotatable bonds is 4. The number of H-pyrrole nitrogens is 1. The number of nitrogens with zero attached hydrogens (tertiary/aromatic N) is 1. The third-order valence-corrected chi connectivity index (χ3v) is 3.11. The number of fused-ring (bicyclic) bond motifs is 1. The lowest BCUT2D eigenvalue weighted by molar-refractivity contribution is 0.0949. The molecule has 5 heteroatoms. The standard InChI is InChI=1S/C15H15N3O2/c1-10-8-12(20-18-10)6-7-16-15(19)14-9-11-4-2-3-5-13(11)17-14/h2-5,8-9,17H,6-7H2,1H3,(H,16,19). The van der Waals surface area contributed by atoms with Crippen LogP contribution in [0, 0.1) is 6.92 Å². The number of hydrogen-bond acceptors (Lipinski definition) is 3. The van der Waals surface area contributed by atoms with Crippen molar-refractivity contribution in [3.63, 3.8) is 0 Å². The summed E-state index contributed by atoms with van der Waals surface area (Å²) in [6.45, 7) is 2.39. The molecule has 0 atom stereocenters. The summed E-state index contributed by atoms with van der Waals surface area (Å²) in [7, 11) is 0. The van der Waals surface area contributed by atoms with Crippen molar-refractivity contribution in [1.29, 1.82) is 0 Å². The van der Waals surface area contributed by atoms with Gasteiger partial charge in [-0.25, -0.2) is 0 Å². The van der Waals surface area contributed by atoms with Gasteiger partial charge in [-0.2, -0.15) is 0 Å². The number of benzene rings is 1. The molecular formula is C15H15N3O2. The van der Waals surface area contributed by atoms with Crippen LogP contribution in [0.15, 0.2) is 40.9 Å². The Balaban J connectivity index is 1.61. The summed E-state index contributed by atoms with van der Waals surface area (Å²) >= 11 is 0. The molecule has 0 bridgehead atoms. The summed E-state index contributed by atoms with van der Waals surface area (Å²) in [5.41, 5.74) is 2.38. The first kappa shape index (κ1) is 12.5. The molecule has 3 rings (SSSR count). The van der Waals surface area contributed by atoms with E-state index in [1.165, 1.54) is 0 Å². The number of aromatic nitrogens is 2. The van der Waals surface area contributed by atoms with Gasteiger partial charge in [-0.1, -0.05) is 23.4 Å². The van der Waals surface area contributed by atoms with Gasteiger partial charge in [0.25, 0.3) is 5.91 Å². The first-order valence-corrected chi connectivity index (χ1v) is 6.50. The van der Waals surface area contributed by atoms with Crippen LogP contribution in [-0.2, 0) is 6.42 Å². The molecule has 0 saturated carbocycles. The number of carbonyl (C=O) groups excluding carboxylic acids is 1. The minimum absolute atomic E-state index is 0.113. The second kappa shape index (κ2) is 5.21. The normalized spacial score (nSPS) is 10.8. The summed E-state index contributed by atoms with van der Waals surface area (Å²) < 4.78 is 5.09. The van der Waals surface area contributed by atoms with E-state index >= 15 is 0 Å². The van der Waals surface area contributed by atoms with Crippen molar-refractivity contribution in [3.05, 3.63) is 53.5 Å². The van der Waals surface area contributed by atoms with Crippen LogP contribution in [0.5, 0.6) is 0 Å². The number of aryl methyl sites for hydroxylation is 1. The lowest BCUT2D eigenvalue weighted by Crippen LogP contribution is -2.25. The third-order valence-electron chi connectivity index (χ3n) is 3.11. The van der Waals surface area contributed by atoms with Crippen molar-refractivity contribution >= 4 is 16.8 Å². The number of hydrogen-bond donors (Lipinski definition) is 2. The summed E-state index contributed by atoms with van der Waals surface area (Å²) in [5.74, 6) is 0.664. The highest BCUT2D eigenvalue weighted by atomic mass is 16.5. The monoisotopic (exact) mass is 269 g/mol. The van der Waals surface area contributed by atoms with Crippen molar-refractivity contribution in [2.45, 2.75) is 13.3 Å². The van der Waals surface area contributed by atoms with E-state index in [2.05, 4.69) is 15.5 Å². The van der Waals surface area contributed by atoms with E-state index in [-0.39, 0.29) is 5.91 Å². The highest BCUT2D eigenvalue weighted by Gasteiger charge is 2.09. The lowest BCUT2D eigenvalue weighted by atomic mass is 10.2. The van der Waals surface area contributed by atoms with Crippen molar-refractivity contribution in [2.75, 3.05) is 6.54 Å². The van der Waals surface area contributed by atoms with Crippen LogP contribution >= 0.6 is 0 Å². The van der Waals surface area contributed by atoms with Crippen LogP contribution < -0.4 is 5.32 Å². The van der Waals surface area contributed by atoms with Crippen LogP contribution in [0.1, 0.15) is 21.9 Å². The van der Waals surface area contributed by atoms with Crippen molar-refractivity contribution in [3.8, 4) is 0 Å². The highest BCUT2D eigenvalue weighted by molar-refractivity contribution is 5.97. The van der Waals surface area contributed by atoms with Crippen LogP contribution in [-0.4, -0.2) is 22.6 Å². The van der Waals surface area contributed by atoms with Gasteiger partial charge in [-0.3, -0.25) is 4.79 Å². The molecular weight excluding hydrogens is 254 g/mol. The number of carbonyl (C=O) groups is 1. The molecule has 3 aromatic rings. The molecule has 2 heterocycles. The lowest BCUT2D eigenvalue weighted by Gasteiger charge is -2.01. The molecule has 0 saturated heterocycles. The van der Waals surface area contributed by atoms with E-state index in [4.69, 9.17) is 4.52 Å². The molecule has 0 aliphatic heterocycles. The maximum Gasteiger partial charge on any atom is 0.267 e. The largest absolute Gasteiger partial charge is 0.361 e. The molecule has 2 N–H and O–H groups in total. The van der Waals surface area contributed by atoms with Crippen LogP contribution in [0.3, 0.4) is 0 Å². The Morgan fingerprint density at radius 3 is 2.95 bits per heavy atom. The molecule has 0 spiro atoms. The van der Waals surface area contributed by atoms with Crippen molar-refractivity contribution in [1.82, 2.24) is 15.5 Å². The van der Waals surface area contributed by atoms with Gasteiger partial charge < -0.3 is 14.8 Å². The molecule has 1 aromatic carbocycles. The minimum atomic E-state index is -0.113. The Hall–Kier alpha value is -2.56. The maximum atomic E-state index is 12.0. The van der Waals surface area contributed by atoms with E-state index in [9.17, 15) is 4.79 Å². The predicted molar refractivity (Wildman–Crippen MR) is 75.6 cm³/mol.